The lowest BCUT2D eigenvalue weighted by Crippen LogP contribution is -2.30. The van der Waals surface area contributed by atoms with Gasteiger partial charge in [-0.2, -0.15) is 0 Å². The van der Waals surface area contributed by atoms with Crippen LogP contribution < -0.4 is 20.1 Å². The van der Waals surface area contributed by atoms with E-state index in [1.165, 1.54) is 31.4 Å². The second kappa shape index (κ2) is 10.5. The Morgan fingerprint density at radius 3 is 2.49 bits per heavy atom. The van der Waals surface area contributed by atoms with Crippen LogP contribution in [0.1, 0.15) is 11.1 Å². The van der Waals surface area contributed by atoms with Crippen LogP contribution in [-0.2, 0) is 16.1 Å². The van der Waals surface area contributed by atoms with Crippen molar-refractivity contribution in [3.63, 3.8) is 0 Å². The number of amides is 4. The molecule has 0 spiro atoms. The average molecular weight is 475 g/mol. The molecule has 4 amide bonds. The standard InChI is InChI=1S/C26H22FN3O5/c1-34-23-14-18(7-12-22(23)35-16-24(31)28-20-10-8-19(27)9-11-20)13-21-25(32)30(26(33)29-21)15-17-5-3-2-4-6-17/h2-14H,15-16H2,1H3,(H,28,31)(H,29,33)/b21-13+. The van der Waals surface area contributed by atoms with E-state index >= 15 is 0 Å². The fourth-order valence-corrected chi connectivity index (χ4v) is 3.41. The van der Waals surface area contributed by atoms with E-state index in [0.717, 1.165) is 10.5 Å². The van der Waals surface area contributed by atoms with Crippen molar-refractivity contribution in [2.24, 2.45) is 0 Å². The van der Waals surface area contributed by atoms with E-state index < -0.39 is 23.7 Å². The largest absolute Gasteiger partial charge is 0.493 e. The molecule has 1 saturated heterocycles. The van der Waals surface area contributed by atoms with Gasteiger partial charge in [-0.25, -0.2) is 9.18 Å². The number of imide groups is 1. The third kappa shape index (κ3) is 5.83. The molecule has 0 radical (unpaired) electrons. The third-order valence-electron chi connectivity index (χ3n) is 5.13. The summed E-state index contributed by atoms with van der Waals surface area (Å²) in [7, 11) is 1.45. The molecule has 0 unspecified atom stereocenters. The van der Waals surface area contributed by atoms with Gasteiger partial charge < -0.3 is 20.1 Å². The summed E-state index contributed by atoms with van der Waals surface area (Å²) in [4.78, 5) is 38.3. The monoisotopic (exact) mass is 475 g/mol. The summed E-state index contributed by atoms with van der Waals surface area (Å²) in [5.41, 5.74) is 2.01. The van der Waals surface area contributed by atoms with E-state index in [9.17, 15) is 18.8 Å². The maximum absolute atomic E-state index is 13.0. The zero-order chi connectivity index (χ0) is 24.8. The Hall–Kier alpha value is -4.66. The molecule has 1 aliphatic rings. The summed E-state index contributed by atoms with van der Waals surface area (Å²) in [6, 6.07) is 19.0. The van der Waals surface area contributed by atoms with E-state index in [0.29, 0.717) is 22.7 Å². The molecule has 3 aromatic rings. The number of rotatable bonds is 8. The highest BCUT2D eigenvalue weighted by Gasteiger charge is 2.33. The van der Waals surface area contributed by atoms with Gasteiger partial charge in [0.2, 0.25) is 0 Å². The van der Waals surface area contributed by atoms with Gasteiger partial charge in [0.1, 0.15) is 11.5 Å². The minimum Gasteiger partial charge on any atom is -0.493 e. The average Bonchev–Trinajstić information content (AvgIpc) is 3.12. The minimum atomic E-state index is -0.496. The van der Waals surface area contributed by atoms with Crippen LogP contribution in [0.25, 0.3) is 6.08 Å². The molecule has 2 N–H and O–H groups in total. The maximum Gasteiger partial charge on any atom is 0.329 e. The number of urea groups is 1. The number of anilines is 1. The highest BCUT2D eigenvalue weighted by Crippen LogP contribution is 2.29. The van der Waals surface area contributed by atoms with Crippen LogP contribution in [0.15, 0.2) is 78.5 Å². The molecule has 0 saturated carbocycles. The van der Waals surface area contributed by atoms with Crippen molar-refractivity contribution >= 4 is 29.6 Å². The van der Waals surface area contributed by atoms with E-state index in [4.69, 9.17) is 9.47 Å². The molecule has 0 bridgehead atoms. The lowest BCUT2D eigenvalue weighted by molar-refractivity contribution is -0.123. The number of methoxy groups -OCH3 is 1. The van der Waals surface area contributed by atoms with Crippen LogP contribution in [0.5, 0.6) is 11.5 Å². The summed E-state index contributed by atoms with van der Waals surface area (Å²) in [5, 5.41) is 5.20. The molecular formula is C26H22FN3O5. The summed E-state index contributed by atoms with van der Waals surface area (Å²) in [6.07, 6.45) is 1.54. The summed E-state index contributed by atoms with van der Waals surface area (Å²) >= 11 is 0. The topological polar surface area (TPSA) is 97.0 Å². The highest BCUT2D eigenvalue weighted by molar-refractivity contribution is 6.13. The zero-order valence-corrected chi connectivity index (χ0v) is 18.8. The van der Waals surface area contributed by atoms with Crippen molar-refractivity contribution in [1.82, 2.24) is 10.2 Å². The minimum absolute atomic E-state index is 0.139. The Morgan fingerprint density at radius 2 is 1.77 bits per heavy atom. The van der Waals surface area contributed by atoms with Gasteiger partial charge in [0, 0.05) is 5.69 Å². The number of hydrogen-bond acceptors (Lipinski definition) is 5. The Bertz CT molecular complexity index is 1280. The maximum atomic E-state index is 13.0. The number of ether oxygens (including phenoxy) is 2. The Kier molecular flexibility index (Phi) is 7.06. The number of benzene rings is 3. The first kappa shape index (κ1) is 23.5. The second-order valence-corrected chi connectivity index (χ2v) is 7.62. The first-order valence-electron chi connectivity index (χ1n) is 10.7. The van der Waals surface area contributed by atoms with Crippen LogP contribution in [0.2, 0.25) is 0 Å². The van der Waals surface area contributed by atoms with Crippen LogP contribution in [-0.4, -0.2) is 36.5 Å². The fourth-order valence-electron chi connectivity index (χ4n) is 3.41. The van der Waals surface area contributed by atoms with Crippen molar-refractivity contribution in [2.45, 2.75) is 6.54 Å². The van der Waals surface area contributed by atoms with E-state index in [1.807, 2.05) is 30.3 Å². The Morgan fingerprint density at radius 1 is 1.03 bits per heavy atom. The number of hydrogen-bond donors (Lipinski definition) is 2. The number of nitrogens with zero attached hydrogens (tertiary/aromatic N) is 1. The van der Waals surface area contributed by atoms with Crippen molar-refractivity contribution in [3.05, 3.63) is 95.4 Å². The fraction of sp³-hybridized carbons (Fsp3) is 0.115. The first-order valence-corrected chi connectivity index (χ1v) is 10.7. The Balaban J connectivity index is 1.41. The first-order chi connectivity index (χ1) is 16.9. The van der Waals surface area contributed by atoms with E-state index in [2.05, 4.69) is 10.6 Å². The molecule has 9 heteroatoms. The highest BCUT2D eigenvalue weighted by atomic mass is 19.1. The zero-order valence-electron chi connectivity index (χ0n) is 18.8. The lowest BCUT2D eigenvalue weighted by atomic mass is 10.1. The molecule has 1 aliphatic heterocycles. The van der Waals surface area contributed by atoms with E-state index in [1.54, 1.807) is 24.3 Å². The van der Waals surface area contributed by atoms with Crippen LogP contribution >= 0.6 is 0 Å². The molecule has 1 fully saturated rings. The molecule has 35 heavy (non-hydrogen) atoms. The molecule has 8 nitrogen and oxygen atoms in total. The number of nitrogens with one attached hydrogen (secondary N) is 2. The molecule has 4 rings (SSSR count). The van der Waals surface area contributed by atoms with Gasteiger partial charge in [-0.3, -0.25) is 14.5 Å². The molecule has 0 aliphatic carbocycles. The van der Waals surface area contributed by atoms with Crippen molar-refractivity contribution in [3.8, 4) is 11.5 Å². The summed E-state index contributed by atoms with van der Waals surface area (Å²) in [6.45, 7) is -0.129. The lowest BCUT2D eigenvalue weighted by Gasteiger charge is -2.12. The van der Waals surface area contributed by atoms with Gasteiger partial charge in [0.25, 0.3) is 11.8 Å². The predicted octanol–water partition coefficient (Wildman–Crippen LogP) is 3.94. The van der Waals surface area contributed by atoms with Crippen molar-refractivity contribution < 1.29 is 28.2 Å². The quantitative estimate of drug-likeness (QED) is 0.380. The molecule has 3 aromatic carbocycles. The van der Waals surface area contributed by atoms with Crippen molar-refractivity contribution in [1.29, 1.82) is 0 Å². The smallest absolute Gasteiger partial charge is 0.329 e. The number of halogens is 1. The van der Waals surface area contributed by atoms with Gasteiger partial charge in [-0.1, -0.05) is 36.4 Å². The van der Waals surface area contributed by atoms with Gasteiger partial charge >= 0.3 is 6.03 Å². The molecule has 178 valence electrons. The molecule has 0 aromatic heterocycles. The summed E-state index contributed by atoms with van der Waals surface area (Å²) in [5.74, 6) is -0.608. The van der Waals surface area contributed by atoms with Crippen molar-refractivity contribution in [2.75, 3.05) is 19.0 Å². The van der Waals surface area contributed by atoms with E-state index in [-0.39, 0.29) is 18.8 Å². The van der Waals surface area contributed by atoms with Crippen LogP contribution in [0.4, 0.5) is 14.9 Å². The van der Waals surface area contributed by atoms with Gasteiger partial charge in [0.15, 0.2) is 18.1 Å². The van der Waals surface area contributed by atoms with Gasteiger partial charge in [-0.15, -0.1) is 0 Å². The SMILES string of the molecule is COc1cc(/C=C2/NC(=O)N(Cc3ccccc3)C2=O)ccc1OCC(=O)Nc1ccc(F)cc1. The summed E-state index contributed by atoms with van der Waals surface area (Å²) < 4.78 is 23.9. The normalized spacial score (nSPS) is 14.1. The van der Waals surface area contributed by atoms with Crippen LogP contribution in [0.3, 0.4) is 0 Å². The van der Waals surface area contributed by atoms with Crippen LogP contribution in [0, 0.1) is 5.82 Å². The molecule has 1 heterocycles. The third-order valence-corrected chi connectivity index (χ3v) is 5.13. The number of carbonyl (C=O) groups excluding carboxylic acids is 3. The van der Waals surface area contributed by atoms with Gasteiger partial charge in [-0.05, 0) is 53.6 Å². The second-order valence-electron chi connectivity index (χ2n) is 7.62. The predicted molar refractivity (Wildman–Crippen MR) is 127 cm³/mol. The Labute approximate surface area is 201 Å². The number of carbonyl (C=O) groups is 3. The van der Waals surface area contributed by atoms with Gasteiger partial charge in [0.05, 0.1) is 13.7 Å². The molecular weight excluding hydrogens is 453 g/mol. The molecule has 0 atom stereocenters.